The number of nitrogens with one attached hydrogen (secondary N) is 1. The Labute approximate surface area is 166 Å². The third kappa shape index (κ3) is 3.78. The first-order chi connectivity index (χ1) is 14.0. The van der Waals surface area contributed by atoms with Gasteiger partial charge in [-0.05, 0) is 47.5 Å². The van der Waals surface area contributed by atoms with Gasteiger partial charge in [0, 0.05) is 5.69 Å². The number of hydrogen-bond acceptors (Lipinski definition) is 3. The number of anilines is 1. The Morgan fingerprint density at radius 2 is 1.31 bits per heavy atom. The number of carbonyl (C=O) groups excluding carboxylic acids is 2. The van der Waals surface area contributed by atoms with Gasteiger partial charge in [-0.2, -0.15) is 0 Å². The molecule has 3 aromatic carbocycles. The zero-order valence-electron chi connectivity index (χ0n) is 15.2. The number of hydrogen-bond donors (Lipinski definition) is 1. The summed E-state index contributed by atoms with van der Waals surface area (Å²) in [7, 11) is 0. The molecule has 1 aliphatic heterocycles. The largest absolute Gasteiger partial charge is 0.350 e. The second kappa shape index (κ2) is 7.67. The number of carbonyl (C=O) groups is 2. The van der Waals surface area contributed by atoms with Gasteiger partial charge in [-0.15, -0.1) is 0 Å². The Balaban J connectivity index is 1.72. The Morgan fingerprint density at radius 3 is 1.93 bits per heavy atom. The minimum absolute atomic E-state index is 0.00259. The summed E-state index contributed by atoms with van der Waals surface area (Å²) in [6.07, 6.45) is 0. The highest BCUT2D eigenvalue weighted by Gasteiger charge is 2.39. The van der Waals surface area contributed by atoms with E-state index >= 15 is 0 Å². The second-order valence-electron chi connectivity index (χ2n) is 6.57. The van der Waals surface area contributed by atoms with Gasteiger partial charge in [0.05, 0.1) is 12.1 Å². The number of halogens is 2. The summed E-state index contributed by atoms with van der Waals surface area (Å²) in [5, 5.41) is 3.02. The summed E-state index contributed by atoms with van der Waals surface area (Å²) in [4.78, 5) is 27.3. The van der Waals surface area contributed by atoms with E-state index in [4.69, 9.17) is 0 Å². The molecule has 0 fully saturated rings. The number of imide groups is 1. The maximum absolute atomic E-state index is 13.4. The molecule has 0 aliphatic carbocycles. The van der Waals surface area contributed by atoms with Gasteiger partial charge in [-0.3, -0.25) is 14.5 Å². The monoisotopic (exact) mass is 390 g/mol. The highest BCUT2D eigenvalue weighted by molar-refractivity contribution is 6.36. The molecule has 1 N–H and O–H groups in total. The zero-order chi connectivity index (χ0) is 20.4. The van der Waals surface area contributed by atoms with Gasteiger partial charge in [-0.1, -0.05) is 42.5 Å². The van der Waals surface area contributed by atoms with Crippen molar-refractivity contribution in [3.63, 3.8) is 0 Å². The molecule has 0 radical (unpaired) electrons. The van der Waals surface area contributed by atoms with Crippen molar-refractivity contribution in [1.29, 1.82) is 0 Å². The van der Waals surface area contributed by atoms with Crippen LogP contribution >= 0.6 is 0 Å². The van der Waals surface area contributed by atoms with Gasteiger partial charge in [-0.25, -0.2) is 8.78 Å². The fourth-order valence-corrected chi connectivity index (χ4v) is 3.16. The topological polar surface area (TPSA) is 49.4 Å². The lowest BCUT2D eigenvalue weighted by atomic mass is 10.0. The lowest BCUT2D eigenvalue weighted by Gasteiger charge is -2.15. The van der Waals surface area contributed by atoms with Crippen molar-refractivity contribution < 1.29 is 18.4 Å². The van der Waals surface area contributed by atoms with Crippen LogP contribution in [0.25, 0.3) is 5.57 Å². The molecule has 4 rings (SSSR count). The van der Waals surface area contributed by atoms with Crippen LogP contribution in [0.4, 0.5) is 14.5 Å². The molecule has 1 aliphatic rings. The molecule has 0 unspecified atom stereocenters. The molecule has 6 heteroatoms. The van der Waals surface area contributed by atoms with Crippen LogP contribution in [0, 0.1) is 11.6 Å². The lowest BCUT2D eigenvalue weighted by molar-refractivity contribution is -0.137. The van der Waals surface area contributed by atoms with E-state index in [0.29, 0.717) is 16.8 Å². The smallest absolute Gasteiger partial charge is 0.278 e. The van der Waals surface area contributed by atoms with E-state index in [-0.39, 0.29) is 17.8 Å². The minimum Gasteiger partial charge on any atom is -0.350 e. The van der Waals surface area contributed by atoms with Crippen LogP contribution in [0.1, 0.15) is 11.1 Å². The molecule has 29 heavy (non-hydrogen) atoms. The van der Waals surface area contributed by atoms with Crippen molar-refractivity contribution in [2.24, 2.45) is 0 Å². The predicted molar refractivity (Wildman–Crippen MR) is 105 cm³/mol. The molecular formula is C23H16F2N2O2. The lowest BCUT2D eigenvalue weighted by Crippen LogP contribution is -2.32. The number of rotatable bonds is 5. The molecule has 0 saturated carbocycles. The summed E-state index contributed by atoms with van der Waals surface area (Å²) in [6, 6.07) is 20.0. The van der Waals surface area contributed by atoms with E-state index in [9.17, 15) is 18.4 Å². The third-order valence-electron chi connectivity index (χ3n) is 4.60. The highest BCUT2D eigenvalue weighted by Crippen LogP contribution is 2.31. The third-order valence-corrected chi connectivity index (χ3v) is 4.60. The van der Waals surface area contributed by atoms with Crippen LogP contribution < -0.4 is 5.32 Å². The summed E-state index contributed by atoms with van der Waals surface area (Å²) in [5.74, 6) is -1.83. The number of amides is 2. The number of para-hydroxylation sites is 1. The highest BCUT2D eigenvalue weighted by atomic mass is 19.1. The van der Waals surface area contributed by atoms with E-state index in [1.54, 1.807) is 24.3 Å². The van der Waals surface area contributed by atoms with Gasteiger partial charge in [0.25, 0.3) is 11.8 Å². The van der Waals surface area contributed by atoms with Crippen LogP contribution in [0.3, 0.4) is 0 Å². The summed E-state index contributed by atoms with van der Waals surface area (Å²) < 4.78 is 26.5. The predicted octanol–water partition coefficient (Wildman–Crippen LogP) is 4.36. The average Bonchev–Trinajstić information content (AvgIpc) is 2.95. The van der Waals surface area contributed by atoms with Crippen LogP contribution in [-0.4, -0.2) is 16.7 Å². The maximum atomic E-state index is 13.4. The van der Waals surface area contributed by atoms with Crippen molar-refractivity contribution in [3.05, 3.63) is 107 Å². The molecule has 0 bridgehead atoms. The van der Waals surface area contributed by atoms with E-state index < -0.39 is 23.4 Å². The van der Waals surface area contributed by atoms with Crippen LogP contribution in [0.15, 0.2) is 84.6 Å². The fraction of sp³-hybridized carbons (Fsp3) is 0.0435. The van der Waals surface area contributed by atoms with Crippen molar-refractivity contribution >= 4 is 23.1 Å². The summed E-state index contributed by atoms with van der Waals surface area (Å²) >= 11 is 0. The van der Waals surface area contributed by atoms with E-state index in [1.165, 1.54) is 48.5 Å². The molecule has 0 aromatic heterocycles. The normalized spacial score (nSPS) is 13.9. The maximum Gasteiger partial charge on any atom is 0.278 e. The summed E-state index contributed by atoms with van der Waals surface area (Å²) in [5.41, 5.74) is 1.99. The standard InChI is InChI=1S/C23H16F2N2O2/c24-17-10-6-15(7-11-17)14-27-22(28)20(16-8-12-18(25)13-9-16)21(23(27)29)26-19-4-2-1-3-5-19/h1-13,26H,14H2. The van der Waals surface area contributed by atoms with Crippen molar-refractivity contribution in [3.8, 4) is 0 Å². The van der Waals surface area contributed by atoms with Crippen molar-refractivity contribution in [2.45, 2.75) is 6.54 Å². The van der Waals surface area contributed by atoms with Crippen LogP contribution in [-0.2, 0) is 16.1 Å². The quantitative estimate of drug-likeness (QED) is 0.659. The molecule has 144 valence electrons. The first-order valence-electron chi connectivity index (χ1n) is 8.96. The Hall–Kier alpha value is -3.80. The first-order valence-corrected chi connectivity index (χ1v) is 8.96. The van der Waals surface area contributed by atoms with Gasteiger partial charge < -0.3 is 5.32 Å². The van der Waals surface area contributed by atoms with Crippen LogP contribution in [0.5, 0.6) is 0 Å². The Kier molecular flexibility index (Phi) is 4.91. The second-order valence-corrected chi connectivity index (χ2v) is 6.57. The van der Waals surface area contributed by atoms with Gasteiger partial charge in [0.2, 0.25) is 0 Å². The molecule has 0 spiro atoms. The SMILES string of the molecule is O=C1C(Nc2ccccc2)=C(c2ccc(F)cc2)C(=O)N1Cc1ccc(F)cc1. The van der Waals surface area contributed by atoms with E-state index in [1.807, 2.05) is 6.07 Å². The van der Waals surface area contributed by atoms with Gasteiger partial charge in [0.15, 0.2) is 0 Å². The Morgan fingerprint density at radius 1 is 0.724 bits per heavy atom. The molecule has 2 amide bonds. The van der Waals surface area contributed by atoms with Crippen molar-refractivity contribution in [1.82, 2.24) is 4.90 Å². The van der Waals surface area contributed by atoms with E-state index in [2.05, 4.69) is 5.32 Å². The molecule has 3 aromatic rings. The first kappa shape index (κ1) is 18.6. The Bertz CT molecular complexity index is 1090. The zero-order valence-corrected chi connectivity index (χ0v) is 15.2. The minimum atomic E-state index is -0.498. The molecule has 0 saturated heterocycles. The fourth-order valence-electron chi connectivity index (χ4n) is 3.16. The van der Waals surface area contributed by atoms with Crippen LogP contribution in [0.2, 0.25) is 0 Å². The molecule has 4 nitrogen and oxygen atoms in total. The van der Waals surface area contributed by atoms with Gasteiger partial charge in [0.1, 0.15) is 17.3 Å². The molecule has 0 atom stereocenters. The van der Waals surface area contributed by atoms with Gasteiger partial charge >= 0.3 is 0 Å². The number of nitrogens with zero attached hydrogens (tertiary/aromatic N) is 1. The van der Waals surface area contributed by atoms with Crippen molar-refractivity contribution in [2.75, 3.05) is 5.32 Å². The van der Waals surface area contributed by atoms with E-state index in [0.717, 1.165) is 4.90 Å². The summed E-state index contributed by atoms with van der Waals surface area (Å²) in [6.45, 7) is 0.00259. The molecular weight excluding hydrogens is 374 g/mol. The number of benzene rings is 3. The average molecular weight is 390 g/mol. The molecule has 1 heterocycles.